The van der Waals surface area contributed by atoms with Gasteiger partial charge in [0.25, 0.3) is 0 Å². The first-order chi connectivity index (χ1) is 19.2. The standard InChI is InChI=1S/C32H32N4O3/c1-22-29(36-31(39-22)25-8-3-2-4-9-25)14-16-37-32-34-18-27(19-35-32)28-13-15-33-20-30(28)38-21-23-11-12-24-7-5-6-10-26(24)17-23/h2-12,17-19,28,30,33H,13-16,20-21H2,1H3. The predicted octanol–water partition coefficient (Wildman–Crippen LogP) is 5.88. The molecule has 0 amide bonds. The summed E-state index contributed by atoms with van der Waals surface area (Å²) < 4.78 is 18.1. The van der Waals surface area contributed by atoms with Crippen molar-refractivity contribution in [3.63, 3.8) is 0 Å². The summed E-state index contributed by atoms with van der Waals surface area (Å²) in [5, 5.41) is 5.94. The van der Waals surface area contributed by atoms with Gasteiger partial charge in [0.05, 0.1) is 25.0 Å². The normalized spacial score (nSPS) is 17.4. The molecule has 1 aliphatic rings. The molecule has 7 nitrogen and oxygen atoms in total. The van der Waals surface area contributed by atoms with Gasteiger partial charge < -0.3 is 19.2 Å². The lowest BCUT2D eigenvalue weighted by Gasteiger charge is -2.32. The van der Waals surface area contributed by atoms with Crippen LogP contribution in [0.15, 0.2) is 89.6 Å². The van der Waals surface area contributed by atoms with Crippen molar-refractivity contribution in [2.75, 3.05) is 19.7 Å². The number of nitrogens with one attached hydrogen (secondary N) is 1. The molecule has 0 saturated carbocycles. The maximum Gasteiger partial charge on any atom is 0.316 e. The first-order valence-electron chi connectivity index (χ1n) is 13.5. The van der Waals surface area contributed by atoms with Crippen LogP contribution in [0, 0.1) is 6.92 Å². The summed E-state index contributed by atoms with van der Waals surface area (Å²) in [6, 6.07) is 25.2. The van der Waals surface area contributed by atoms with Crippen molar-refractivity contribution in [3.8, 4) is 17.5 Å². The molecule has 198 valence electrons. The van der Waals surface area contributed by atoms with E-state index in [9.17, 15) is 0 Å². The van der Waals surface area contributed by atoms with Gasteiger partial charge in [0, 0.05) is 36.8 Å². The van der Waals surface area contributed by atoms with Crippen molar-refractivity contribution in [2.24, 2.45) is 0 Å². The van der Waals surface area contributed by atoms with Gasteiger partial charge in [0.15, 0.2) is 0 Å². The molecule has 1 N–H and O–H groups in total. The highest BCUT2D eigenvalue weighted by atomic mass is 16.5. The van der Waals surface area contributed by atoms with E-state index in [4.69, 9.17) is 13.9 Å². The molecule has 0 spiro atoms. The zero-order valence-electron chi connectivity index (χ0n) is 22.0. The van der Waals surface area contributed by atoms with Crippen LogP contribution in [0.5, 0.6) is 6.01 Å². The van der Waals surface area contributed by atoms with Crippen LogP contribution >= 0.6 is 0 Å². The SMILES string of the molecule is Cc1oc(-c2ccccc2)nc1CCOc1ncc(C2CCNCC2OCc2ccc3ccccc3c2)cn1. The van der Waals surface area contributed by atoms with Crippen LogP contribution in [-0.2, 0) is 17.8 Å². The van der Waals surface area contributed by atoms with Crippen LogP contribution in [0.2, 0.25) is 0 Å². The molecule has 1 fully saturated rings. The van der Waals surface area contributed by atoms with E-state index in [0.29, 0.717) is 31.5 Å². The van der Waals surface area contributed by atoms with Crippen LogP contribution in [-0.4, -0.2) is 40.8 Å². The van der Waals surface area contributed by atoms with E-state index in [0.717, 1.165) is 42.1 Å². The van der Waals surface area contributed by atoms with Crippen molar-refractivity contribution in [2.45, 2.75) is 38.4 Å². The second-order valence-electron chi connectivity index (χ2n) is 9.92. The van der Waals surface area contributed by atoms with Crippen molar-refractivity contribution >= 4 is 10.8 Å². The number of hydrogen-bond acceptors (Lipinski definition) is 7. The van der Waals surface area contributed by atoms with Gasteiger partial charge in [-0.25, -0.2) is 15.0 Å². The molecule has 0 radical (unpaired) electrons. The number of oxazole rings is 1. The highest BCUT2D eigenvalue weighted by Gasteiger charge is 2.28. The van der Waals surface area contributed by atoms with Crippen LogP contribution in [0.3, 0.4) is 0 Å². The Hall–Kier alpha value is -4.07. The number of aryl methyl sites for hydroxylation is 1. The molecule has 1 aliphatic heterocycles. The third-order valence-corrected chi connectivity index (χ3v) is 7.26. The number of hydrogen-bond donors (Lipinski definition) is 1. The number of fused-ring (bicyclic) bond motifs is 1. The molecule has 5 aromatic rings. The Labute approximate surface area is 228 Å². The molecule has 0 aliphatic carbocycles. The van der Waals surface area contributed by atoms with Crippen molar-refractivity contribution < 1.29 is 13.9 Å². The van der Waals surface area contributed by atoms with Crippen molar-refractivity contribution in [1.29, 1.82) is 0 Å². The number of piperidine rings is 1. The third kappa shape index (κ3) is 6.00. The van der Waals surface area contributed by atoms with E-state index in [-0.39, 0.29) is 12.0 Å². The Morgan fingerprint density at radius 2 is 1.74 bits per heavy atom. The van der Waals surface area contributed by atoms with Crippen LogP contribution in [0.1, 0.15) is 34.9 Å². The van der Waals surface area contributed by atoms with E-state index in [1.54, 1.807) is 0 Å². The largest absolute Gasteiger partial charge is 0.463 e. The highest BCUT2D eigenvalue weighted by Crippen LogP contribution is 2.28. The summed E-state index contributed by atoms with van der Waals surface area (Å²) in [5.41, 5.74) is 4.10. The fourth-order valence-electron chi connectivity index (χ4n) is 5.11. The third-order valence-electron chi connectivity index (χ3n) is 7.26. The average Bonchev–Trinajstić information content (AvgIpc) is 3.37. The zero-order chi connectivity index (χ0) is 26.4. The number of ether oxygens (including phenoxy) is 2. The molecule has 2 atom stereocenters. The van der Waals surface area contributed by atoms with Gasteiger partial charge >= 0.3 is 6.01 Å². The molecule has 1 saturated heterocycles. The summed E-state index contributed by atoms with van der Waals surface area (Å²) in [4.78, 5) is 13.6. The molecule has 0 bridgehead atoms. The zero-order valence-corrected chi connectivity index (χ0v) is 22.0. The maximum atomic E-state index is 6.41. The monoisotopic (exact) mass is 520 g/mol. The number of aromatic nitrogens is 3. The Balaban J connectivity index is 1.04. The van der Waals surface area contributed by atoms with E-state index in [2.05, 4.69) is 62.7 Å². The van der Waals surface area contributed by atoms with Gasteiger partial charge in [0.1, 0.15) is 5.76 Å². The number of rotatable bonds is 9. The van der Waals surface area contributed by atoms with Crippen molar-refractivity contribution in [1.82, 2.24) is 20.3 Å². The number of benzene rings is 3. The molecule has 3 aromatic carbocycles. The summed E-state index contributed by atoms with van der Waals surface area (Å²) in [6.45, 7) is 4.67. The van der Waals surface area contributed by atoms with Gasteiger partial charge in [-0.15, -0.1) is 0 Å². The molecule has 6 rings (SSSR count). The molecule has 3 heterocycles. The fourth-order valence-corrected chi connectivity index (χ4v) is 5.11. The minimum absolute atomic E-state index is 0.0505. The van der Waals surface area contributed by atoms with E-state index in [1.165, 1.54) is 16.3 Å². The first kappa shape index (κ1) is 25.2. The smallest absolute Gasteiger partial charge is 0.316 e. The molecule has 2 aromatic heterocycles. The van der Waals surface area contributed by atoms with Gasteiger partial charge in [0.2, 0.25) is 5.89 Å². The predicted molar refractivity (Wildman–Crippen MR) is 151 cm³/mol. The molecular weight excluding hydrogens is 488 g/mol. The average molecular weight is 521 g/mol. The summed E-state index contributed by atoms with van der Waals surface area (Å²) in [6.07, 6.45) is 5.39. The lowest BCUT2D eigenvalue weighted by Crippen LogP contribution is -2.41. The van der Waals surface area contributed by atoms with Crippen molar-refractivity contribution in [3.05, 3.63) is 108 Å². The molecule has 2 unspecified atom stereocenters. The second-order valence-corrected chi connectivity index (χ2v) is 9.92. The Morgan fingerprint density at radius 3 is 2.59 bits per heavy atom. The molecule has 39 heavy (non-hydrogen) atoms. The lowest BCUT2D eigenvalue weighted by molar-refractivity contribution is 0.0105. The van der Waals surface area contributed by atoms with Crippen LogP contribution in [0.25, 0.3) is 22.2 Å². The Bertz CT molecular complexity index is 1520. The second kappa shape index (κ2) is 11.8. The number of nitrogens with zero attached hydrogens (tertiary/aromatic N) is 3. The summed E-state index contributed by atoms with van der Waals surface area (Å²) in [7, 11) is 0. The first-order valence-corrected chi connectivity index (χ1v) is 13.5. The maximum absolute atomic E-state index is 6.41. The van der Waals surface area contributed by atoms with Gasteiger partial charge in [-0.2, -0.15) is 0 Å². The van der Waals surface area contributed by atoms with Crippen LogP contribution < -0.4 is 10.1 Å². The highest BCUT2D eigenvalue weighted by molar-refractivity contribution is 5.82. The van der Waals surface area contributed by atoms with E-state index in [1.807, 2.05) is 49.6 Å². The van der Waals surface area contributed by atoms with Gasteiger partial charge in [-0.05, 0) is 60.0 Å². The van der Waals surface area contributed by atoms with Gasteiger partial charge in [-0.1, -0.05) is 54.6 Å². The minimum atomic E-state index is 0.0505. The fraction of sp³-hybridized carbons (Fsp3) is 0.281. The lowest BCUT2D eigenvalue weighted by atomic mass is 9.89. The van der Waals surface area contributed by atoms with Crippen LogP contribution in [0.4, 0.5) is 0 Å². The Morgan fingerprint density at radius 1 is 0.949 bits per heavy atom. The van der Waals surface area contributed by atoms with E-state index >= 15 is 0 Å². The summed E-state index contributed by atoms with van der Waals surface area (Å²) in [5.74, 6) is 1.66. The van der Waals surface area contributed by atoms with E-state index < -0.39 is 0 Å². The summed E-state index contributed by atoms with van der Waals surface area (Å²) >= 11 is 0. The Kier molecular flexibility index (Phi) is 7.61. The molecule has 7 heteroatoms. The van der Waals surface area contributed by atoms with Gasteiger partial charge in [-0.3, -0.25) is 0 Å². The quantitative estimate of drug-likeness (QED) is 0.260. The minimum Gasteiger partial charge on any atom is -0.463 e. The topological polar surface area (TPSA) is 82.3 Å². The molecular formula is C32H32N4O3.